The van der Waals surface area contributed by atoms with Gasteiger partial charge in [0.15, 0.2) is 0 Å². The molecule has 2 nitrogen and oxygen atoms in total. The molecule has 0 radical (unpaired) electrons. The van der Waals surface area contributed by atoms with E-state index in [0.29, 0.717) is 11.7 Å². The molecule has 1 N–H and O–H groups in total. The van der Waals surface area contributed by atoms with Crippen molar-refractivity contribution < 1.29 is 5.11 Å². The number of hydrogen-bond acceptors (Lipinski definition) is 2. The fourth-order valence-corrected chi connectivity index (χ4v) is 3.68. The Kier molecular flexibility index (Phi) is 5.91. The predicted molar refractivity (Wildman–Crippen MR) is 94.6 cm³/mol. The molecule has 1 fully saturated rings. The Morgan fingerprint density at radius 3 is 2.68 bits per heavy atom. The number of phenolic OH excluding ortho intramolecular Hbond substituents is 1. The lowest BCUT2D eigenvalue weighted by Gasteiger charge is -2.45. The van der Waals surface area contributed by atoms with Crippen molar-refractivity contribution >= 4 is 0 Å². The highest BCUT2D eigenvalue weighted by atomic mass is 16.3. The smallest absolute Gasteiger partial charge is 0.118 e. The fraction of sp³-hybridized carbons (Fsp3) is 0.700. The highest BCUT2D eigenvalue weighted by molar-refractivity contribution is 5.39. The van der Waals surface area contributed by atoms with Crippen LogP contribution in [0, 0.1) is 12.8 Å². The van der Waals surface area contributed by atoms with Gasteiger partial charge >= 0.3 is 0 Å². The molecule has 1 aliphatic rings. The highest BCUT2D eigenvalue weighted by Gasteiger charge is 2.37. The third-order valence-electron chi connectivity index (χ3n) is 5.76. The molecule has 0 aliphatic carbocycles. The molecule has 1 aromatic carbocycles. The van der Waals surface area contributed by atoms with E-state index in [9.17, 15) is 5.11 Å². The van der Waals surface area contributed by atoms with Gasteiger partial charge in [0.05, 0.1) is 0 Å². The van der Waals surface area contributed by atoms with Crippen LogP contribution in [0.25, 0.3) is 0 Å². The van der Waals surface area contributed by atoms with E-state index in [2.05, 4.69) is 37.8 Å². The van der Waals surface area contributed by atoms with Crippen molar-refractivity contribution in [3.05, 3.63) is 29.3 Å². The number of likely N-dealkylation sites (tertiary alicyclic amines) is 1. The molecule has 1 saturated heterocycles. The van der Waals surface area contributed by atoms with Crippen molar-refractivity contribution in [1.82, 2.24) is 4.90 Å². The number of nitrogens with zero attached hydrogens (tertiary/aromatic N) is 1. The first kappa shape index (κ1) is 17.3. The van der Waals surface area contributed by atoms with Gasteiger partial charge in [0.2, 0.25) is 0 Å². The molecule has 0 unspecified atom stereocenters. The molecule has 0 amide bonds. The molecule has 0 aromatic heterocycles. The lowest BCUT2D eigenvalue weighted by atomic mass is 9.68. The van der Waals surface area contributed by atoms with Gasteiger partial charge in [-0.1, -0.05) is 52.2 Å². The van der Waals surface area contributed by atoms with Gasteiger partial charge < -0.3 is 10.0 Å². The second-order valence-corrected chi connectivity index (χ2v) is 7.43. The summed E-state index contributed by atoms with van der Waals surface area (Å²) < 4.78 is 0. The lowest BCUT2D eigenvalue weighted by molar-refractivity contribution is 0.109. The van der Waals surface area contributed by atoms with Crippen molar-refractivity contribution in [1.29, 1.82) is 0 Å². The summed E-state index contributed by atoms with van der Waals surface area (Å²) >= 11 is 0. The van der Waals surface area contributed by atoms with E-state index >= 15 is 0 Å². The summed E-state index contributed by atoms with van der Waals surface area (Å²) in [5, 5.41) is 10.0. The van der Waals surface area contributed by atoms with Crippen LogP contribution in [0.1, 0.15) is 64.0 Å². The zero-order valence-corrected chi connectivity index (χ0v) is 14.9. The largest absolute Gasteiger partial charge is 0.508 e. The predicted octanol–water partition coefficient (Wildman–Crippen LogP) is 4.88. The molecule has 0 saturated carbocycles. The number of hydrogen-bond donors (Lipinski definition) is 1. The summed E-state index contributed by atoms with van der Waals surface area (Å²) in [7, 11) is 0. The third-order valence-corrected chi connectivity index (χ3v) is 5.76. The molecule has 1 heterocycles. The van der Waals surface area contributed by atoms with Crippen LogP contribution in [0.2, 0.25) is 0 Å². The van der Waals surface area contributed by atoms with Gasteiger partial charge in [-0.05, 0) is 61.4 Å². The Balaban J connectivity index is 1.98. The Bertz CT molecular complexity index is 485. The van der Waals surface area contributed by atoms with E-state index in [-0.39, 0.29) is 5.41 Å². The molecular formula is C20H33NO. The van der Waals surface area contributed by atoms with E-state index in [0.717, 1.165) is 5.56 Å². The summed E-state index contributed by atoms with van der Waals surface area (Å²) in [6.45, 7) is 12.6. The van der Waals surface area contributed by atoms with Gasteiger partial charge in [0.1, 0.15) is 5.75 Å². The number of benzene rings is 1. The van der Waals surface area contributed by atoms with Crippen molar-refractivity contribution in [3.8, 4) is 5.75 Å². The SMILES string of the molecule is CCCCCCN1CC[C@](C)(c2ccc(C)c(O)c2)[C@@H](C)C1. The fourth-order valence-electron chi connectivity index (χ4n) is 3.68. The summed E-state index contributed by atoms with van der Waals surface area (Å²) in [6.07, 6.45) is 6.56. The van der Waals surface area contributed by atoms with Crippen molar-refractivity contribution in [2.24, 2.45) is 5.92 Å². The number of aryl methyl sites for hydroxylation is 1. The minimum atomic E-state index is 0.186. The summed E-state index contributed by atoms with van der Waals surface area (Å²) in [4.78, 5) is 2.64. The van der Waals surface area contributed by atoms with E-state index < -0.39 is 0 Å². The average Bonchev–Trinajstić information content (AvgIpc) is 2.50. The van der Waals surface area contributed by atoms with Crippen LogP contribution in [0.15, 0.2) is 18.2 Å². The molecule has 2 heteroatoms. The van der Waals surface area contributed by atoms with Gasteiger partial charge in [-0.3, -0.25) is 0 Å². The molecule has 1 aromatic rings. The molecule has 2 atom stereocenters. The molecule has 0 spiro atoms. The number of phenols is 1. The Morgan fingerprint density at radius 1 is 1.27 bits per heavy atom. The average molecular weight is 303 g/mol. The van der Waals surface area contributed by atoms with E-state index in [1.807, 2.05) is 13.0 Å². The van der Waals surface area contributed by atoms with Crippen molar-refractivity contribution in [3.63, 3.8) is 0 Å². The third kappa shape index (κ3) is 3.84. The molecule has 2 rings (SSSR count). The second-order valence-electron chi connectivity index (χ2n) is 7.43. The van der Waals surface area contributed by atoms with E-state index in [1.54, 1.807) is 0 Å². The summed E-state index contributed by atoms with van der Waals surface area (Å²) in [5.74, 6) is 1.06. The second kappa shape index (κ2) is 7.50. The highest BCUT2D eigenvalue weighted by Crippen LogP contribution is 2.40. The molecule has 0 bridgehead atoms. The number of unbranched alkanes of at least 4 members (excludes halogenated alkanes) is 3. The van der Waals surface area contributed by atoms with Crippen molar-refractivity contribution in [2.45, 2.75) is 65.2 Å². The first-order valence-electron chi connectivity index (χ1n) is 9.00. The van der Waals surface area contributed by atoms with Crippen LogP contribution in [0.4, 0.5) is 0 Å². The van der Waals surface area contributed by atoms with Crippen LogP contribution < -0.4 is 0 Å². The first-order chi connectivity index (χ1) is 10.5. The van der Waals surface area contributed by atoms with Gasteiger partial charge in [0, 0.05) is 6.54 Å². The maximum atomic E-state index is 10.0. The quantitative estimate of drug-likeness (QED) is 0.757. The number of aromatic hydroxyl groups is 1. The Morgan fingerprint density at radius 2 is 2.05 bits per heavy atom. The molecule has 1 aliphatic heterocycles. The minimum absolute atomic E-state index is 0.186. The zero-order valence-electron chi connectivity index (χ0n) is 14.9. The summed E-state index contributed by atoms with van der Waals surface area (Å²) in [6, 6.07) is 6.25. The van der Waals surface area contributed by atoms with Crippen molar-refractivity contribution in [2.75, 3.05) is 19.6 Å². The standard InChI is InChI=1S/C20H33NO/c1-5-6-7-8-12-21-13-11-20(4,17(3)15-21)18-10-9-16(2)19(22)14-18/h9-10,14,17,22H,5-8,11-13,15H2,1-4H3/t17-,20-/m0/s1. The summed E-state index contributed by atoms with van der Waals surface area (Å²) in [5.41, 5.74) is 2.45. The van der Waals surface area contributed by atoms with Crippen LogP contribution >= 0.6 is 0 Å². The van der Waals surface area contributed by atoms with Gasteiger partial charge in [0.25, 0.3) is 0 Å². The van der Waals surface area contributed by atoms with Gasteiger partial charge in [-0.15, -0.1) is 0 Å². The van der Waals surface area contributed by atoms with Crippen LogP contribution in [0.3, 0.4) is 0 Å². The Hall–Kier alpha value is -1.02. The van der Waals surface area contributed by atoms with Gasteiger partial charge in [-0.25, -0.2) is 0 Å². The molecular weight excluding hydrogens is 270 g/mol. The Labute approximate surface area is 136 Å². The zero-order chi connectivity index (χ0) is 16.2. The monoisotopic (exact) mass is 303 g/mol. The minimum Gasteiger partial charge on any atom is -0.508 e. The molecule has 22 heavy (non-hydrogen) atoms. The maximum Gasteiger partial charge on any atom is 0.118 e. The van der Waals surface area contributed by atoms with E-state index in [4.69, 9.17) is 0 Å². The first-order valence-corrected chi connectivity index (χ1v) is 9.00. The lowest BCUT2D eigenvalue weighted by Crippen LogP contribution is -2.47. The topological polar surface area (TPSA) is 23.5 Å². The molecule has 124 valence electrons. The van der Waals surface area contributed by atoms with E-state index in [1.165, 1.54) is 57.3 Å². The number of rotatable bonds is 6. The maximum absolute atomic E-state index is 10.0. The number of piperidine rings is 1. The van der Waals surface area contributed by atoms with Crippen LogP contribution in [-0.4, -0.2) is 29.6 Å². The van der Waals surface area contributed by atoms with Crippen LogP contribution in [0.5, 0.6) is 5.75 Å². The van der Waals surface area contributed by atoms with Gasteiger partial charge in [-0.2, -0.15) is 0 Å². The van der Waals surface area contributed by atoms with Crippen LogP contribution in [-0.2, 0) is 5.41 Å². The normalized spacial score (nSPS) is 26.3.